The van der Waals surface area contributed by atoms with Crippen LogP contribution < -0.4 is 9.80 Å². The molecule has 0 N–H and O–H groups in total. The second-order valence-electron chi connectivity index (χ2n) is 13.0. The van der Waals surface area contributed by atoms with E-state index in [0.717, 1.165) is 32.1 Å². The van der Waals surface area contributed by atoms with Gasteiger partial charge in [-0.2, -0.15) is 0 Å². The first kappa shape index (κ1) is 28.6. The molecule has 0 aromatic heterocycles. The molecule has 2 nitrogen and oxygen atoms in total. The number of hydrogen-bond acceptors (Lipinski definition) is 2. The van der Waals surface area contributed by atoms with Crippen LogP contribution in [0.4, 0.5) is 22.7 Å². The van der Waals surface area contributed by atoms with Crippen LogP contribution >= 0.6 is 0 Å². The van der Waals surface area contributed by atoms with E-state index in [1.165, 1.54) is 75.7 Å². The Morgan fingerprint density at radius 3 is 1.83 bits per heavy atom. The fourth-order valence-electron chi connectivity index (χ4n) is 8.01. The number of fused-ring (bicyclic) bond motifs is 2. The molecule has 0 saturated heterocycles. The molecule has 0 saturated carbocycles. The lowest BCUT2D eigenvalue weighted by molar-refractivity contribution is 0.366. The Morgan fingerprint density at radius 1 is 0.500 bits per heavy atom. The minimum absolute atomic E-state index is 0.579. The van der Waals surface area contributed by atoms with E-state index in [1.54, 1.807) is 0 Å². The summed E-state index contributed by atoms with van der Waals surface area (Å²) in [6.45, 7) is 0. The smallest absolute Gasteiger partial charge is 0.0458 e. The Balaban J connectivity index is 1.11. The first-order valence-corrected chi connectivity index (χ1v) is 17.2. The molecule has 0 spiro atoms. The molecule has 46 heavy (non-hydrogen) atoms. The maximum Gasteiger partial charge on any atom is 0.0458 e. The van der Waals surface area contributed by atoms with Crippen LogP contribution in [-0.2, 0) is 0 Å². The Labute approximate surface area is 274 Å². The maximum atomic E-state index is 2.52. The lowest BCUT2D eigenvalue weighted by Gasteiger charge is -2.40. The highest BCUT2D eigenvalue weighted by Crippen LogP contribution is 2.45. The van der Waals surface area contributed by atoms with Gasteiger partial charge in [-0.15, -0.1) is 0 Å². The van der Waals surface area contributed by atoms with Gasteiger partial charge in [-0.1, -0.05) is 97.1 Å². The summed E-state index contributed by atoms with van der Waals surface area (Å²) < 4.78 is 0. The van der Waals surface area contributed by atoms with Crippen molar-refractivity contribution in [3.8, 4) is 11.1 Å². The number of anilines is 4. The van der Waals surface area contributed by atoms with Crippen LogP contribution in [0.25, 0.3) is 11.1 Å². The van der Waals surface area contributed by atoms with Gasteiger partial charge in [0.15, 0.2) is 0 Å². The number of hydrogen-bond donors (Lipinski definition) is 0. The molecule has 4 aliphatic carbocycles. The van der Waals surface area contributed by atoms with Crippen LogP contribution in [-0.4, -0.2) is 0 Å². The first-order valence-electron chi connectivity index (χ1n) is 17.2. The van der Waals surface area contributed by atoms with Gasteiger partial charge in [0.05, 0.1) is 0 Å². The largest absolute Gasteiger partial charge is 0.314 e. The van der Waals surface area contributed by atoms with Crippen LogP contribution in [0.15, 0.2) is 168 Å². The molecular formula is C44H42N2. The van der Waals surface area contributed by atoms with Crippen LogP contribution in [0.1, 0.15) is 51.4 Å². The predicted molar refractivity (Wildman–Crippen MR) is 194 cm³/mol. The first-order chi connectivity index (χ1) is 22.8. The van der Waals surface area contributed by atoms with E-state index in [9.17, 15) is 0 Å². The zero-order valence-electron chi connectivity index (χ0n) is 26.6. The summed E-state index contributed by atoms with van der Waals surface area (Å²) in [4.78, 5) is 5.01. The van der Waals surface area contributed by atoms with Gasteiger partial charge < -0.3 is 9.80 Å². The van der Waals surface area contributed by atoms with Gasteiger partial charge in [0, 0.05) is 40.1 Å². The van der Waals surface area contributed by atoms with Gasteiger partial charge in [-0.25, -0.2) is 0 Å². The van der Waals surface area contributed by atoms with E-state index in [1.807, 2.05) is 0 Å². The number of rotatable bonds is 7. The maximum absolute atomic E-state index is 2.52. The average Bonchev–Trinajstić information content (AvgIpc) is 3.14. The predicted octanol–water partition coefficient (Wildman–Crippen LogP) is 12.2. The lowest BCUT2D eigenvalue weighted by atomic mass is 9.75. The van der Waals surface area contributed by atoms with Gasteiger partial charge in [0.25, 0.3) is 0 Å². The van der Waals surface area contributed by atoms with Crippen LogP contribution in [0.5, 0.6) is 0 Å². The minimum Gasteiger partial charge on any atom is -0.314 e. The summed E-state index contributed by atoms with van der Waals surface area (Å²) in [5, 5.41) is 0. The third-order valence-corrected chi connectivity index (χ3v) is 10.2. The number of nitrogens with zero attached hydrogens (tertiary/aromatic N) is 2. The molecule has 4 aromatic carbocycles. The van der Waals surface area contributed by atoms with Gasteiger partial charge in [0.2, 0.25) is 0 Å². The molecule has 2 unspecified atom stereocenters. The van der Waals surface area contributed by atoms with Gasteiger partial charge >= 0.3 is 0 Å². The summed E-state index contributed by atoms with van der Waals surface area (Å²) in [5.74, 6) is 1.23. The molecule has 0 heterocycles. The zero-order chi connectivity index (χ0) is 30.7. The Kier molecular flexibility index (Phi) is 8.02. The van der Waals surface area contributed by atoms with Gasteiger partial charge in [-0.05, 0) is 128 Å². The standard InChI is InChI=1S/C44H42N2/c1-3-17-37(18-4-1)45(43-23-11-15-35-13-7-9-21-41(35)43)39-29-25-33(26-30-39)34-27-31-40(32-28-34)46(38-19-5-2-6-20-38)44-24-12-16-36-14-8-10-22-42(36)44/h1-8,13-15,17-20,24-32,36,42H,9-12,16,21-23H2. The van der Waals surface area contributed by atoms with Crippen molar-refractivity contribution in [1.82, 2.24) is 0 Å². The lowest BCUT2D eigenvalue weighted by Crippen LogP contribution is -2.30. The molecule has 2 heteroatoms. The monoisotopic (exact) mass is 598 g/mol. The number of benzene rings is 4. The second kappa shape index (κ2) is 12.9. The summed E-state index contributed by atoms with van der Waals surface area (Å²) in [5.41, 5.74) is 13.2. The fourth-order valence-corrected chi connectivity index (χ4v) is 8.01. The van der Waals surface area contributed by atoms with Crippen molar-refractivity contribution in [3.05, 3.63) is 168 Å². The van der Waals surface area contributed by atoms with E-state index >= 15 is 0 Å². The Hall–Kier alpha value is -4.82. The van der Waals surface area contributed by atoms with Crippen LogP contribution in [0.2, 0.25) is 0 Å². The fraction of sp³-hybridized carbons (Fsp3) is 0.227. The highest BCUT2D eigenvalue weighted by molar-refractivity contribution is 5.76. The van der Waals surface area contributed by atoms with E-state index in [2.05, 4.69) is 155 Å². The quantitative estimate of drug-likeness (QED) is 0.195. The third kappa shape index (κ3) is 5.58. The average molecular weight is 599 g/mol. The van der Waals surface area contributed by atoms with Gasteiger partial charge in [0.1, 0.15) is 0 Å². The van der Waals surface area contributed by atoms with Crippen molar-refractivity contribution in [2.75, 3.05) is 9.80 Å². The molecule has 0 radical (unpaired) electrons. The SMILES string of the molecule is C1=CC2=CCCC(N(c3ccccc3)c3ccc(-c4ccc(N(C5=CCCC6C=CCCC56)c5ccccc5)cc4)cc3)=C2CC1. The summed E-state index contributed by atoms with van der Waals surface area (Å²) in [7, 11) is 0. The number of allylic oxidation sites excluding steroid dienone is 10. The Bertz CT molecular complexity index is 1820. The summed E-state index contributed by atoms with van der Waals surface area (Å²) in [6.07, 6.45) is 23.6. The normalized spacial score (nSPS) is 20.3. The molecule has 4 aromatic rings. The summed E-state index contributed by atoms with van der Waals surface area (Å²) in [6, 6.07) is 40.2. The van der Waals surface area contributed by atoms with Crippen molar-refractivity contribution in [3.63, 3.8) is 0 Å². The molecule has 2 atom stereocenters. The Morgan fingerprint density at radius 2 is 1.13 bits per heavy atom. The van der Waals surface area contributed by atoms with E-state index in [-0.39, 0.29) is 0 Å². The van der Waals surface area contributed by atoms with Crippen molar-refractivity contribution in [2.24, 2.45) is 11.8 Å². The van der Waals surface area contributed by atoms with Crippen molar-refractivity contribution in [1.29, 1.82) is 0 Å². The second-order valence-corrected chi connectivity index (χ2v) is 13.0. The molecule has 0 amide bonds. The van der Waals surface area contributed by atoms with E-state index < -0.39 is 0 Å². The molecule has 0 bridgehead atoms. The van der Waals surface area contributed by atoms with Crippen molar-refractivity contribution in [2.45, 2.75) is 51.4 Å². The molecule has 4 aliphatic rings. The highest BCUT2D eigenvalue weighted by Gasteiger charge is 2.32. The molecule has 228 valence electrons. The molecule has 0 aliphatic heterocycles. The molecular weight excluding hydrogens is 556 g/mol. The van der Waals surface area contributed by atoms with E-state index in [0.29, 0.717) is 11.8 Å². The minimum atomic E-state index is 0.579. The zero-order valence-corrected chi connectivity index (χ0v) is 26.6. The third-order valence-electron chi connectivity index (χ3n) is 10.2. The van der Waals surface area contributed by atoms with E-state index in [4.69, 9.17) is 0 Å². The topological polar surface area (TPSA) is 6.48 Å². The summed E-state index contributed by atoms with van der Waals surface area (Å²) >= 11 is 0. The highest BCUT2D eigenvalue weighted by atomic mass is 15.2. The van der Waals surface area contributed by atoms with Crippen LogP contribution in [0, 0.1) is 11.8 Å². The molecule has 8 rings (SSSR count). The van der Waals surface area contributed by atoms with Gasteiger partial charge in [-0.3, -0.25) is 0 Å². The van der Waals surface area contributed by atoms with Crippen LogP contribution in [0.3, 0.4) is 0 Å². The molecule has 0 fully saturated rings. The van der Waals surface area contributed by atoms with Crippen molar-refractivity contribution >= 4 is 22.7 Å². The van der Waals surface area contributed by atoms with Crippen molar-refractivity contribution < 1.29 is 0 Å². The number of para-hydroxylation sites is 2.